The highest BCUT2D eigenvalue weighted by Crippen LogP contribution is 2.44. The number of benzene rings is 1. The number of hydrogen-bond donors (Lipinski definition) is 3. The third-order valence-corrected chi connectivity index (χ3v) is 3.44. The van der Waals surface area contributed by atoms with Crippen molar-refractivity contribution >= 4 is 11.5 Å². The summed E-state index contributed by atoms with van der Waals surface area (Å²) in [5.41, 5.74) is 19.3. The molecule has 2 aromatic rings. The van der Waals surface area contributed by atoms with Gasteiger partial charge in [0.25, 0.3) is 0 Å². The maximum absolute atomic E-state index is 9.11. The Labute approximate surface area is 127 Å². The van der Waals surface area contributed by atoms with Gasteiger partial charge in [-0.05, 0) is 6.07 Å². The fraction of sp³-hybridized carbons (Fsp3) is 0.200. The predicted octanol–water partition coefficient (Wildman–Crippen LogP) is 1.15. The first-order valence-electron chi connectivity index (χ1n) is 6.76. The number of nitrogens with two attached hydrogens (primary N) is 3. The minimum absolute atomic E-state index is 0.0579. The van der Waals surface area contributed by atoms with Crippen LogP contribution in [0.15, 0.2) is 18.2 Å². The molecule has 0 saturated heterocycles. The lowest BCUT2D eigenvalue weighted by Gasteiger charge is -2.23. The first-order chi connectivity index (χ1) is 10.7. The second kappa shape index (κ2) is 5.42. The van der Waals surface area contributed by atoms with E-state index in [2.05, 4.69) is 4.98 Å². The van der Waals surface area contributed by atoms with E-state index in [-0.39, 0.29) is 11.4 Å². The fourth-order valence-corrected chi connectivity index (χ4v) is 2.40. The average Bonchev–Trinajstić information content (AvgIpc) is 2.52. The van der Waals surface area contributed by atoms with Gasteiger partial charge in [0.15, 0.2) is 11.5 Å². The van der Waals surface area contributed by atoms with Crippen molar-refractivity contribution < 1.29 is 9.47 Å². The van der Waals surface area contributed by atoms with Crippen LogP contribution in [0.5, 0.6) is 17.4 Å². The molecular weight excluding hydrogens is 282 g/mol. The van der Waals surface area contributed by atoms with E-state index in [1.54, 1.807) is 6.07 Å². The summed E-state index contributed by atoms with van der Waals surface area (Å²) in [5, 5.41) is 9.11. The van der Waals surface area contributed by atoms with Gasteiger partial charge < -0.3 is 26.7 Å². The summed E-state index contributed by atoms with van der Waals surface area (Å²) < 4.78 is 11.4. The van der Waals surface area contributed by atoms with Gasteiger partial charge in [-0.2, -0.15) is 10.2 Å². The molecule has 0 radical (unpaired) electrons. The van der Waals surface area contributed by atoms with Gasteiger partial charge in [0.2, 0.25) is 5.88 Å². The second-order valence-corrected chi connectivity index (χ2v) is 4.84. The molecule has 0 bridgehead atoms. The maximum Gasteiger partial charge on any atom is 0.227 e. The monoisotopic (exact) mass is 297 g/mol. The number of pyridine rings is 1. The number of aromatic nitrogens is 1. The molecule has 22 heavy (non-hydrogen) atoms. The third kappa shape index (κ3) is 2.16. The average molecular weight is 297 g/mol. The summed E-state index contributed by atoms with van der Waals surface area (Å²) in [6, 6.07) is 7.55. The lowest BCUT2D eigenvalue weighted by molar-refractivity contribution is 0.306. The smallest absolute Gasteiger partial charge is 0.227 e. The highest BCUT2D eigenvalue weighted by molar-refractivity contribution is 5.72. The molecule has 0 unspecified atom stereocenters. The lowest BCUT2D eigenvalue weighted by atomic mass is 9.99. The van der Waals surface area contributed by atoms with Gasteiger partial charge in [-0.25, -0.2) is 0 Å². The highest BCUT2D eigenvalue weighted by atomic mass is 16.5. The first-order valence-corrected chi connectivity index (χ1v) is 6.76. The molecule has 0 spiro atoms. The molecular formula is C15H15N5O2. The van der Waals surface area contributed by atoms with Gasteiger partial charge in [-0.3, -0.25) is 0 Å². The number of hydrogen-bond acceptors (Lipinski definition) is 7. The van der Waals surface area contributed by atoms with Crippen molar-refractivity contribution in [1.82, 2.24) is 4.98 Å². The molecule has 1 aliphatic rings. The Bertz CT molecular complexity index is 782. The zero-order valence-corrected chi connectivity index (χ0v) is 11.8. The number of ether oxygens (including phenoxy) is 2. The van der Waals surface area contributed by atoms with E-state index in [9.17, 15) is 0 Å². The van der Waals surface area contributed by atoms with Crippen molar-refractivity contribution in [3.05, 3.63) is 34.9 Å². The Hall–Kier alpha value is -2.98. The van der Waals surface area contributed by atoms with Crippen LogP contribution in [0.25, 0.3) is 0 Å². The third-order valence-electron chi connectivity index (χ3n) is 3.44. The number of fused-ring (bicyclic) bond motifs is 2. The number of nitriles is 1. The fourth-order valence-electron chi connectivity index (χ4n) is 2.40. The summed E-state index contributed by atoms with van der Waals surface area (Å²) in [5.74, 6) is 1.55. The van der Waals surface area contributed by atoms with E-state index in [0.29, 0.717) is 48.2 Å². The second-order valence-electron chi connectivity index (χ2n) is 4.84. The van der Waals surface area contributed by atoms with E-state index in [1.165, 1.54) is 0 Å². The summed E-state index contributed by atoms with van der Waals surface area (Å²) in [6.07, 6.45) is 0.498. The Balaban J connectivity index is 2.06. The summed E-state index contributed by atoms with van der Waals surface area (Å²) in [6.45, 7) is 0.793. The van der Waals surface area contributed by atoms with Gasteiger partial charge in [0, 0.05) is 24.1 Å². The quantitative estimate of drug-likeness (QED) is 0.660. The van der Waals surface area contributed by atoms with Gasteiger partial charge in [0.05, 0.1) is 5.69 Å². The van der Waals surface area contributed by atoms with Crippen molar-refractivity contribution in [2.75, 3.05) is 24.6 Å². The molecule has 7 heteroatoms. The molecule has 1 aliphatic heterocycles. The molecule has 7 nitrogen and oxygen atoms in total. The molecule has 2 heterocycles. The van der Waals surface area contributed by atoms with Crippen molar-refractivity contribution in [3.63, 3.8) is 0 Å². The van der Waals surface area contributed by atoms with Crippen molar-refractivity contribution in [2.24, 2.45) is 5.73 Å². The van der Waals surface area contributed by atoms with Gasteiger partial charge in [-0.15, -0.1) is 0 Å². The lowest BCUT2D eigenvalue weighted by Crippen LogP contribution is -2.14. The standard InChI is InChI=1S/C15H15N5O2/c16-4-5-21-11-3-1-2-8-6-9-12(18)10(7-17)14(19)20-15(9)22-13(8)11/h1-3H,4-6,16H2,(H4,18,19,20). The van der Waals surface area contributed by atoms with Crippen LogP contribution in [0.2, 0.25) is 0 Å². The Morgan fingerprint density at radius 1 is 1.36 bits per heavy atom. The normalized spacial score (nSPS) is 11.8. The predicted molar refractivity (Wildman–Crippen MR) is 81.6 cm³/mol. The van der Waals surface area contributed by atoms with E-state index in [0.717, 1.165) is 5.56 Å². The minimum Gasteiger partial charge on any atom is -0.488 e. The summed E-state index contributed by atoms with van der Waals surface area (Å²) in [7, 11) is 0. The maximum atomic E-state index is 9.11. The topological polar surface area (TPSA) is 133 Å². The first kappa shape index (κ1) is 14.0. The minimum atomic E-state index is 0.0579. The van der Waals surface area contributed by atoms with Crippen LogP contribution in [0.1, 0.15) is 16.7 Å². The van der Waals surface area contributed by atoms with Crippen molar-refractivity contribution in [3.8, 4) is 23.4 Å². The number of para-hydroxylation sites is 1. The van der Waals surface area contributed by atoms with E-state index >= 15 is 0 Å². The Morgan fingerprint density at radius 3 is 2.91 bits per heavy atom. The Morgan fingerprint density at radius 2 is 2.18 bits per heavy atom. The van der Waals surface area contributed by atoms with Gasteiger partial charge >= 0.3 is 0 Å². The van der Waals surface area contributed by atoms with E-state index in [4.69, 9.17) is 31.9 Å². The van der Waals surface area contributed by atoms with Crippen molar-refractivity contribution in [1.29, 1.82) is 5.26 Å². The Kier molecular flexibility index (Phi) is 3.45. The van der Waals surface area contributed by atoms with Crippen molar-refractivity contribution in [2.45, 2.75) is 6.42 Å². The number of anilines is 2. The molecule has 0 atom stereocenters. The van der Waals surface area contributed by atoms with Crippen LogP contribution in [0.4, 0.5) is 11.5 Å². The summed E-state index contributed by atoms with van der Waals surface area (Å²) >= 11 is 0. The largest absolute Gasteiger partial charge is 0.488 e. The molecule has 3 rings (SSSR count). The molecule has 0 aliphatic carbocycles. The summed E-state index contributed by atoms with van der Waals surface area (Å²) in [4.78, 5) is 4.14. The zero-order chi connectivity index (χ0) is 15.7. The highest BCUT2D eigenvalue weighted by Gasteiger charge is 2.26. The number of rotatable bonds is 3. The van der Waals surface area contributed by atoms with E-state index in [1.807, 2.05) is 18.2 Å². The number of nitrogens with zero attached hydrogens (tertiary/aromatic N) is 2. The molecule has 0 saturated carbocycles. The van der Waals surface area contributed by atoms with Gasteiger partial charge in [0.1, 0.15) is 24.1 Å². The SMILES string of the molecule is N#Cc1c(N)nc2c(c1N)Cc1cccc(OCCN)c1O2. The molecule has 1 aromatic heterocycles. The van der Waals surface area contributed by atoms with Crippen LogP contribution in [0, 0.1) is 11.3 Å². The number of nitrogen functional groups attached to an aromatic ring is 2. The molecule has 0 amide bonds. The van der Waals surface area contributed by atoms with Crippen LogP contribution in [0.3, 0.4) is 0 Å². The van der Waals surface area contributed by atoms with Crippen LogP contribution >= 0.6 is 0 Å². The molecule has 6 N–H and O–H groups in total. The molecule has 0 fully saturated rings. The molecule has 1 aromatic carbocycles. The van der Waals surface area contributed by atoms with Crippen LogP contribution in [-0.2, 0) is 6.42 Å². The van der Waals surface area contributed by atoms with Gasteiger partial charge in [-0.1, -0.05) is 12.1 Å². The molecule has 112 valence electrons. The van der Waals surface area contributed by atoms with Crippen LogP contribution in [-0.4, -0.2) is 18.1 Å². The van der Waals surface area contributed by atoms with E-state index < -0.39 is 0 Å². The van der Waals surface area contributed by atoms with Crippen LogP contribution < -0.4 is 26.7 Å². The zero-order valence-electron chi connectivity index (χ0n) is 11.8.